The number of aromatic nitrogens is 6. The van der Waals surface area contributed by atoms with Crippen molar-refractivity contribution >= 4 is 44.7 Å². The summed E-state index contributed by atoms with van der Waals surface area (Å²) in [6, 6.07) is 8.83. The first kappa shape index (κ1) is 31.7. The van der Waals surface area contributed by atoms with E-state index in [0.29, 0.717) is 32.7 Å². The molecule has 0 saturated heterocycles. The van der Waals surface area contributed by atoms with Gasteiger partial charge in [-0.2, -0.15) is 23.4 Å². The van der Waals surface area contributed by atoms with Crippen LogP contribution < -0.4 is 11.1 Å². The van der Waals surface area contributed by atoms with Gasteiger partial charge in [-0.25, -0.2) is 23.3 Å². The van der Waals surface area contributed by atoms with E-state index in [2.05, 4.69) is 25.5 Å². The van der Waals surface area contributed by atoms with Gasteiger partial charge < -0.3 is 11.1 Å². The van der Waals surface area contributed by atoms with Crippen LogP contribution in [-0.2, 0) is 13.2 Å². The van der Waals surface area contributed by atoms with Crippen LogP contribution in [0.25, 0.3) is 38.2 Å². The minimum atomic E-state index is -4.86. The highest BCUT2D eigenvalue weighted by molar-refractivity contribution is 7.21. The number of carbonyl (C=O) groups excluding carboxylic acids is 2. The Morgan fingerprint density at radius 1 is 1.04 bits per heavy atom. The van der Waals surface area contributed by atoms with Crippen molar-refractivity contribution in [2.45, 2.75) is 39.3 Å². The van der Waals surface area contributed by atoms with Gasteiger partial charge in [0, 0.05) is 29.8 Å². The molecule has 0 radical (unpaired) electrons. The number of fused-ring (bicyclic) bond motifs is 2. The summed E-state index contributed by atoms with van der Waals surface area (Å²) in [5.41, 5.74) is 5.39. The average Bonchev–Trinajstić information content (AvgIpc) is 3.70. The monoisotopic (exact) mass is 668 g/mol. The molecule has 0 unspecified atom stereocenters. The number of thiophene rings is 1. The smallest absolute Gasteiger partial charge is 0.365 e. The fourth-order valence-electron chi connectivity index (χ4n) is 5.29. The first-order valence-corrected chi connectivity index (χ1v) is 14.9. The van der Waals surface area contributed by atoms with E-state index in [1.165, 1.54) is 4.68 Å². The van der Waals surface area contributed by atoms with Crippen LogP contribution in [-0.4, -0.2) is 41.2 Å². The first-order chi connectivity index (χ1) is 22.1. The van der Waals surface area contributed by atoms with Gasteiger partial charge in [-0.05, 0) is 36.1 Å². The van der Waals surface area contributed by atoms with E-state index in [1.807, 2.05) is 13.8 Å². The number of halogens is 5. The van der Waals surface area contributed by atoms with Crippen LogP contribution >= 0.6 is 11.3 Å². The van der Waals surface area contributed by atoms with E-state index < -0.39 is 41.5 Å². The second-order valence-electron chi connectivity index (χ2n) is 11.1. The van der Waals surface area contributed by atoms with Gasteiger partial charge in [0.25, 0.3) is 18.2 Å². The maximum atomic E-state index is 14.2. The van der Waals surface area contributed by atoms with Crippen molar-refractivity contribution in [1.82, 2.24) is 29.4 Å². The molecule has 0 aliphatic carbocycles. The van der Waals surface area contributed by atoms with E-state index in [1.54, 1.807) is 44.4 Å². The maximum absolute atomic E-state index is 14.2. The third-order valence-corrected chi connectivity index (χ3v) is 8.65. The lowest BCUT2D eigenvalue weighted by atomic mass is 10.0. The summed E-state index contributed by atoms with van der Waals surface area (Å²) < 4.78 is 72.5. The summed E-state index contributed by atoms with van der Waals surface area (Å²) in [6.07, 6.45) is -5.32. The molecule has 0 fully saturated rings. The van der Waals surface area contributed by atoms with Crippen LogP contribution in [0.4, 0.5) is 27.6 Å². The van der Waals surface area contributed by atoms with Crippen molar-refractivity contribution < 1.29 is 31.5 Å². The quantitative estimate of drug-likeness (QED) is 0.174. The summed E-state index contributed by atoms with van der Waals surface area (Å²) in [5.74, 6) is -1.77. The molecule has 0 aliphatic rings. The van der Waals surface area contributed by atoms with Gasteiger partial charge in [0.15, 0.2) is 11.3 Å². The number of nitrogens with two attached hydrogens (primary N) is 1. The Bertz CT molecular complexity index is 2200. The number of amides is 2. The summed E-state index contributed by atoms with van der Waals surface area (Å²) >= 11 is 0.690. The fraction of sp³-hybridized carbons (Fsp3) is 0.226. The molecule has 242 valence electrons. The standard InChI is InChI=1S/C31H25F5N8O2S/c1-13(2)15-5-7-16(8-6-15)20-10-22(31(34,35)36)44-28(39-20)18(11-38-44)29(46)41-24-23-17(19-12-43(4)42-14(19)3)9-21(26(32)33)40-30(23)47-25(24)27(37)45/h5-13,26H,1-4H3,(H2,37,45)(H,41,46). The fourth-order valence-corrected chi connectivity index (χ4v) is 6.31. The number of nitrogens with one attached hydrogen (secondary N) is 1. The molecule has 5 heterocycles. The molecule has 16 heteroatoms. The molecule has 5 aromatic heterocycles. The molecule has 0 saturated carbocycles. The Kier molecular flexibility index (Phi) is 7.78. The zero-order chi connectivity index (χ0) is 33.9. The Labute approximate surface area is 267 Å². The van der Waals surface area contributed by atoms with Crippen molar-refractivity contribution in [2.75, 3.05) is 5.32 Å². The first-order valence-electron chi connectivity index (χ1n) is 14.1. The second-order valence-corrected chi connectivity index (χ2v) is 12.1. The van der Waals surface area contributed by atoms with Gasteiger partial charge in [0.05, 0.1) is 23.3 Å². The third kappa shape index (κ3) is 5.68. The highest BCUT2D eigenvalue weighted by Gasteiger charge is 2.36. The van der Waals surface area contributed by atoms with Crippen molar-refractivity contribution in [3.05, 3.63) is 81.9 Å². The predicted octanol–water partition coefficient (Wildman–Crippen LogP) is 7.15. The Morgan fingerprint density at radius 2 is 1.74 bits per heavy atom. The molecule has 0 spiro atoms. The van der Waals surface area contributed by atoms with E-state index in [-0.39, 0.29) is 43.5 Å². The van der Waals surface area contributed by atoms with Crippen LogP contribution in [0, 0.1) is 6.92 Å². The number of alkyl halides is 5. The zero-order valence-corrected chi connectivity index (χ0v) is 26.0. The molecular formula is C31H25F5N8O2S. The summed E-state index contributed by atoms with van der Waals surface area (Å²) in [7, 11) is 1.63. The molecule has 0 bridgehead atoms. The summed E-state index contributed by atoms with van der Waals surface area (Å²) in [4.78, 5) is 34.6. The molecule has 6 rings (SSSR count). The van der Waals surface area contributed by atoms with Gasteiger partial charge in [0.1, 0.15) is 21.0 Å². The van der Waals surface area contributed by atoms with Gasteiger partial charge in [-0.1, -0.05) is 38.1 Å². The molecule has 1 aromatic carbocycles. The summed E-state index contributed by atoms with van der Waals surface area (Å²) in [5, 5.41) is 10.8. The molecule has 2 amide bonds. The number of carbonyl (C=O) groups is 2. The van der Waals surface area contributed by atoms with Crippen LogP contribution in [0.3, 0.4) is 0 Å². The van der Waals surface area contributed by atoms with Gasteiger partial charge >= 0.3 is 6.18 Å². The van der Waals surface area contributed by atoms with Crippen LogP contribution in [0.2, 0.25) is 0 Å². The Hall–Kier alpha value is -5.25. The molecule has 47 heavy (non-hydrogen) atoms. The highest BCUT2D eigenvalue weighted by atomic mass is 32.1. The van der Waals surface area contributed by atoms with Crippen molar-refractivity contribution in [3.63, 3.8) is 0 Å². The third-order valence-electron chi connectivity index (χ3n) is 7.55. The number of primary amides is 1. The largest absolute Gasteiger partial charge is 0.433 e. The van der Waals surface area contributed by atoms with Gasteiger partial charge in [0.2, 0.25) is 0 Å². The SMILES string of the molecule is Cc1nn(C)cc1-c1cc(C(F)F)nc2sc(C(N)=O)c(NC(=O)c3cnn4c(C(F)(F)F)cc(-c5ccc(C(C)C)cc5)nc34)c12. The number of rotatable bonds is 7. The number of aryl methyl sites for hydroxylation is 2. The van der Waals surface area contributed by atoms with Crippen LogP contribution in [0.5, 0.6) is 0 Å². The predicted molar refractivity (Wildman–Crippen MR) is 166 cm³/mol. The lowest BCUT2D eigenvalue weighted by Gasteiger charge is -2.13. The topological polar surface area (TPSA) is 133 Å². The van der Waals surface area contributed by atoms with E-state index in [9.17, 15) is 31.5 Å². The molecule has 6 aromatic rings. The van der Waals surface area contributed by atoms with Gasteiger partial charge in [-0.3, -0.25) is 14.3 Å². The maximum Gasteiger partial charge on any atom is 0.433 e. The molecule has 0 aliphatic heterocycles. The molecular weight excluding hydrogens is 643 g/mol. The van der Waals surface area contributed by atoms with E-state index in [0.717, 1.165) is 23.9 Å². The van der Waals surface area contributed by atoms with Gasteiger partial charge in [-0.15, -0.1) is 11.3 Å². The second kappa shape index (κ2) is 11.5. The number of pyridine rings is 1. The minimum absolute atomic E-state index is 0.0189. The average molecular weight is 669 g/mol. The minimum Gasteiger partial charge on any atom is -0.365 e. The number of anilines is 1. The number of hydrogen-bond acceptors (Lipinski definition) is 7. The normalized spacial score (nSPS) is 12.1. The zero-order valence-electron chi connectivity index (χ0n) is 25.1. The van der Waals surface area contributed by atoms with Crippen LogP contribution in [0.15, 0.2) is 48.8 Å². The van der Waals surface area contributed by atoms with Crippen LogP contribution in [0.1, 0.15) is 68.9 Å². The number of benzene rings is 1. The summed E-state index contributed by atoms with van der Waals surface area (Å²) in [6.45, 7) is 5.61. The lowest BCUT2D eigenvalue weighted by Crippen LogP contribution is -2.18. The number of hydrogen-bond donors (Lipinski definition) is 2. The Balaban J connectivity index is 1.53. The van der Waals surface area contributed by atoms with E-state index >= 15 is 0 Å². The number of nitrogens with zero attached hydrogens (tertiary/aromatic N) is 6. The highest BCUT2D eigenvalue weighted by Crippen LogP contribution is 2.43. The molecule has 10 nitrogen and oxygen atoms in total. The van der Waals surface area contributed by atoms with Crippen molar-refractivity contribution in [3.8, 4) is 22.4 Å². The molecule has 0 atom stereocenters. The van der Waals surface area contributed by atoms with E-state index in [4.69, 9.17) is 5.73 Å². The lowest BCUT2D eigenvalue weighted by molar-refractivity contribution is -0.142. The van der Waals surface area contributed by atoms with Crippen molar-refractivity contribution in [1.29, 1.82) is 0 Å². The molecule has 3 N–H and O–H groups in total. The Morgan fingerprint density at radius 3 is 2.32 bits per heavy atom. The van der Waals surface area contributed by atoms with Crippen molar-refractivity contribution in [2.24, 2.45) is 12.8 Å².